The zero-order valence-corrected chi connectivity index (χ0v) is 23.9. The molecular weight excluding hydrogens is 576 g/mol. The van der Waals surface area contributed by atoms with Crippen molar-refractivity contribution in [2.75, 3.05) is 11.1 Å². The normalized spacial score (nSPS) is 11.9. The molecule has 0 bridgehead atoms. The maximum absolute atomic E-state index is 13.1. The van der Waals surface area contributed by atoms with Gasteiger partial charge in [-0.3, -0.25) is 9.59 Å². The lowest BCUT2D eigenvalue weighted by atomic mass is 10.0. The Bertz CT molecular complexity index is 1300. The van der Waals surface area contributed by atoms with Crippen LogP contribution in [0.25, 0.3) is 0 Å². The van der Waals surface area contributed by atoms with Crippen LogP contribution >= 0.6 is 58.2 Å². The molecule has 1 aromatic heterocycles. The largest absolute Gasteiger partial charge is 0.342 e. The minimum atomic E-state index is -0.456. The van der Waals surface area contributed by atoms with Crippen molar-refractivity contribution in [2.24, 2.45) is 5.92 Å². The van der Waals surface area contributed by atoms with E-state index < -0.39 is 6.04 Å². The summed E-state index contributed by atoms with van der Waals surface area (Å²) in [5.41, 5.74) is 0.771. The summed E-state index contributed by atoms with van der Waals surface area (Å²) in [6.45, 7) is 8.31. The van der Waals surface area contributed by atoms with Gasteiger partial charge in [-0.15, -0.1) is 16.8 Å². The van der Waals surface area contributed by atoms with Crippen LogP contribution in [-0.2, 0) is 11.3 Å². The Morgan fingerprint density at radius 1 is 1.05 bits per heavy atom. The van der Waals surface area contributed by atoms with Gasteiger partial charge in [-0.1, -0.05) is 78.1 Å². The minimum absolute atomic E-state index is 0.0653. The number of halogens is 4. The van der Waals surface area contributed by atoms with E-state index >= 15 is 0 Å². The van der Waals surface area contributed by atoms with Gasteiger partial charge in [0.05, 0.1) is 33.1 Å². The zero-order chi connectivity index (χ0) is 27.1. The Labute approximate surface area is 239 Å². The SMILES string of the molecule is C=CCn1c(SCC(=O)Nc2ccc(Cl)cc2Cl)nnc1[C@@H](CC(C)C)NC(=O)c1ccc(Cl)cc1Cl. The molecule has 2 aromatic carbocycles. The lowest BCUT2D eigenvalue weighted by Gasteiger charge is -2.21. The van der Waals surface area contributed by atoms with E-state index in [4.69, 9.17) is 46.4 Å². The average Bonchev–Trinajstić information content (AvgIpc) is 3.21. The number of hydrogen-bond donors (Lipinski definition) is 2. The van der Waals surface area contributed by atoms with Crippen LogP contribution in [0.5, 0.6) is 0 Å². The number of allylic oxidation sites excluding steroid dienone is 1. The fourth-order valence-electron chi connectivity index (χ4n) is 3.48. The van der Waals surface area contributed by atoms with Crippen molar-refractivity contribution in [3.63, 3.8) is 0 Å². The maximum atomic E-state index is 13.1. The van der Waals surface area contributed by atoms with Crippen molar-refractivity contribution in [3.8, 4) is 0 Å². The molecule has 12 heteroatoms. The molecule has 3 aromatic rings. The molecule has 0 aliphatic carbocycles. The van der Waals surface area contributed by atoms with E-state index in [9.17, 15) is 9.59 Å². The quantitative estimate of drug-likeness (QED) is 0.178. The third kappa shape index (κ3) is 8.12. The van der Waals surface area contributed by atoms with Crippen LogP contribution in [0.3, 0.4) is 0 Å². The second-order valence-corrected chi connectivity index (χ2v) is 11.1. The van der Waals surface area contributed by atoms with E-state index in [0.717, 1.165) is 0 Å². The second-order valence-electron chi connectivity index (χ2n) is 8.48. The topological polar surface area (TPSA) is 88.9 Å². The highest BCUT2D eigenvalue weighted by Gasteiger charge is 2.25. The first-order valence-electron chi connectivity index (χ1n) is 11.3. The Hall–Kier alpha value is -2.23. The molecule has 0 saturated carbocycles. The summed E-state index contributed by atoms with van der Waals surface area (Å²) in [5.74, 6) is 0.235. The summed E-state index contributed by atoms with van der Waals surface area (Å²) in [6, 6.07) is 9.08. The Kier molecular flexibility index (Phi) is 10.7. The molecule has 0 aliphatic heterocycles. The number of nitrogens with zero attached hydrogens (tertiary/aromatic N) is 3. The van der Waals surface area contributed by atoms with Crippen LogP contribution in [0.4, 0.5) is 5.69 Å². The summed E-state index contributed by atoms with van der Waals surface area (Å²) in [4.78, 5) is 25.6. The van der Waals surface area contributed by atoms with Crippen LogP contribution in [0.15, 0.2) is 54.2 Å². The molecule has 37 heavy (non-hydrogen) atoms. The highest BCUT2D eigenvalue weighted by molar-refractivity contribution is 7.99. The number of rotatable bonds is 11. The van der Waals surface area contributed by atoms with Crippen molar-refractivity contribution >= 4 is 75.7 Å². The summed E-state index contributed by atoms with van der Waals surface area (Å²) in [7, 11) is 0. The van der Waals surface area contributed by atoms with Gasteiger partial charge in [-0.2, -0.15) is 0 Å². The number of anilines is 1. The molecule has 0 spiro atoms. The first kappa shape index (κ1) is 29.3. The van der Waals surface area contributed by atoms with Gasteiger partial charge in [0.2, 0.25) is 5.91 Å². The van der Waals surface area contributed by atoms with Gasteiger partial charge in [0.1, 0.15) is 0 Å². The molecule has 0 saturated heterocycles. The fraction of sp³-hybridized carbons (Fsp3) is 0.280. The highest BCUT2D eigenvalue weighted by Crippen LogP contribution is 2.28. The molecule has 7 nitrogen and oxygen atoms in total. The minimum Gasteiger partial charge on any atom is -0.342 e. The van der Waals surface area contributed by atoms with Gasteiger partial charge in [0.25, 0.3) is 5.91 Å². The number of nitrogens with one attached hydrogen (secondary N) is 2. The maximum Gasteiger partial charge on any atom is 0.253 e. The number of carbonyl (C=O) groups excluding carboxylic acids is 2. The fourth-order valence-corrected chi connectivity index (χ4v) is 5.19. The summed E-state index contributed by atoms with van der Waals surface area (Å²) < 4.78 is 1.83. The van der Waals surface area contributed by atoms with Crippen molar-refractivity contribution in [1.29, 1.82) is 0 Å². The molecule has 0 radical (unpaired) electrons. The molecule has 0 aliphatic rings. The number of thioether (sulfide) groups is 1. The van der Waals surface area contributed by atoms with Crippen LogP contribution < -0.4 is 10.6 Å². The lowest BCUT2D eigenvalue weighted by Crippen LogP contribution is -2.32. The second kappa shape index (κ2) is 13.5. The van der Waals surface area contributed by atoms with Gasteiger partial charge in [-0.05, 0) is 48.7 Å². The number of hydrogen-bond acceptors (Lipinski definition) is 5. The van der Waals surface area contributed by atoms with Crippen LogP contribution in [-0.4, -0.2) is 32.3 Å². The molecule has 1 atom stereocenters. The van der Waals surface area contributed by atoms with E-state index in [1.54, 1.807) is 36.4 Å². The van der Waals surface area contributed by atoms with Gasteiger partial charge in [0.15, 0.2) is 11.0 Å². The van der Waals surface area contributed by atoms with E-state index in [2.05, 4.69) is 27.4 Å². The Balaban J connectivity index is 1.79. The number of benzene rings is 2. The number of aromatic nitrogens is 3. The average molecular weight is 601 g/mol. The highest BCUT2D eigenvalue weighted by atomic mass is 35.5. The van der Waals surface area contributed by atoms with Crippen molar-refractivity contribution < 1.29 is 9.59 Å². The number of amides is 2. The third-order valence-electron chi connectivity index (χ3n) is 5.09. The van der Waals surface area contributed by atoms with Crippen molar-refractivity contribution in [3.05, 3.63) is 80.5 Å². The molecule has 2 amide bonds. The molecule has 0 fully saturated rings. The van der Waals surface area contributed by atoms with Gasteiger partial charge in [-0.25, -0.2) is 0 Å². The lowest BCUT2D eigenvalue weighted by molar-refractivity contribution is -0.113. The molecule has 3 rings (SSSR count). The van der Waals surface area contributed by atoms with Crippen LogP contribution in [0, 0.1) is 5.92 Å². The van der Waals surface area contributed by atoms with Gasteiger partial charge >= 0.3 is 0 Å². The summed E-state index contributed by atoms with van der Waals surface area (Å²) >= 11 is 25.5. The molecule has 2 N–H and O–H groups in total. The monoisotopic (exact) mass is 599 g/mol. The predicted molar refractivity (Wildman–Crippen MR) is 152 cm³/mol. The molecule has 1 heterocycles. The Morgan fingerprint density at radius 3 is 2.35 bits per heavy atom. The zero-order valence-electron chi connectivity index (χ0n) is 20.1. The van der Waals surface area contributed by atoms with Gasteiger partial charge < -0.3 is 15.2 Å². The standard InChI is InChI=1S/C25H25Cl4N5O2S/c1-4-9-34-23(21(10-14(2)3)31-24(36)17-7-5-15(26)11-18(17)28)32-33-25(34)37-13-22(35)30-20-8-6-16(27)12-19(20)29/h4-8,11-12,14,21H,1,9-10,13H2,2-3H3,(H,30,35)(H,31,36)/t21-/m1/s1. The molecule has 196 valence electrons. The van der Waals surface area contributed by atoms with Crippen molar-refractivity contribution in [1.82, 2.24) is 20.1 Å². The molecule has 0 unspecified atom stereocenters. The smallest absolute Gasteiger partial charge is 0.253 e. The summed E-state index contributed by atoms with van der Waals surface area (Å²) in [5, 5.41) is 16.5. The van der Waals surface area contributed by atoms with Gasteiger partial charge in [0, 0.05) is 16.6 Å². The van der Waals surface area contributed by atoms with Crippen LogP contribution in [0.2, 0.25) is 20.1 Å². The summed E-state index contributed by atoms with van der Waals surface area (Å²) in [6.07, 6.45) is 2.31. The predicted octanol–water partition coefficient (Wildman–Crippen LogP) is 7.33. The Morgan fingerprint density at radius 2 is 1.73 bits per heavy atom. The first-order chi connectivity index (χ1) is 17.6. The number of carbonyl (C=O) groups is 2. The third-order valence-corrected chi connectivity index (χ3v) is 7.16. The van der Waals surface area contributed by atoms with Crippen molar-refractivity contribution in [2.45, 2.75) is 38.0 Å². The van der Waals surface area contributed by atoms with E-state index in [-0.39, 0.29) is 28.5 Å². The van der Waals surface area contributed by atoms with Crippen LogP contribution in [0.1, 0.15) is 42.5 Å². The van der Waals surface area contributed by atoms with E-state index in [1.807, 2.05) is 18.4 Å². The van der Waals surface area contributed by atoms with E-state index in [1.165, 1.54) is 17.8 Å². The molecular formula is C25H25Cl4N5O2S. The first-order valence-corrected chi connectivity index (χ1v) is 13.8. The van der Waals surface area contributed by atoms with E-state index in [0.29, 0.717) is 50.3 Å².